The van der Waals surface area contributed by atoms with Crippen LogP contribution in [0.1, 0.15) is 11.1 Å². The van der Waals surface area contributed by atoms with E-state index in [4.69, 9.17) is 4.74 Å². The van der Waals surface area contributed by atoms with Crippen LogP contribution in [0.4, 0.5) is 0 Å². The minimum absolute atomic E-state index is 0.0808. The molecule has 3 nitrogen and oxygen atoms in total. The fraction of sp³-hybridized carbons (Fsp3) is 0.250. The minimum Gasteiger partial charge on any atom is -0.504 e. The molecule has 0 fully saturated rings. The average molecular weight is 238 g/mol. The average Bonchev–Trinajstić information content (AvgIpc) is 2.35. The predicted molar refractivity (Wildman–Crippen MR) is 65.9 cm³/mol. The van der Waals surface area contributed by atoms with Gasteiger partial charge in [0.1, 0.15) is 0 Å². The topological polar surface area (TPSA) is 46.5 Å². The third-order valence-corrected chi connectivity index (χ3v) is 2.71. The van der Waals surface area contributed by atoms with Gasteiger partial charge in [-0.05, 0) is 17.4 Å². The van der Waals surface area contributed by atoms with Crippen molar-refractivity contribution in [3.05, 3.63) is 41.7 Å². The molecule has 86 valence electrons. The van der Waals surface area contributed by atoms with E-state index in [1.54, 1.807) is 18.4 Å². The van der Waals surface area contributed by atoms with Crippen molar-refractivity contribution in [1.82, 2.24) is 0 Å². The van der Waals surface area contributed by atoms with Crippen molar-refractivity contribution < 1.29 is 14.6 Å². The summed E-state index contributed by atoms with van der Waals surface area (Å²) in [6.07, 6.45) is 3.13. The maximum Gasteiger partial charge on any atom is 0.222 e. The fourth-order valence-electron chi connectivity index (χ4n) is 1.37. The molecule has 0 aliphatic heterocycles. The van der Waals surface area contributed by atoms with Gasteiger partial charge in [-0.1, -0.05) is 36.0 Å². The number of aliphatic hydroxyl groups excluding tert-OH is 1. The fourth-order valence-corrected chi connectivity index (χ4v) is 1.75. The number of benzene rings is 1. The molecule has 1 N–H and O–H groups in total. The lowest BCUT2D eigenvalue weighted by atomic mass is 10.0. The number of thioether (sulfide) groups is 1. The van der Waals surface area contributed by atoms with Crippen LogP contribution in [0.5, 0.6) is 0 Å². The summed E-state index contributed by atoms with van der Waals surface area (Å²) >= 11 is 1.12. The van der Waals surface area contributed by atoms with E-state index in [0.29, 0.717) is 16.7 Å². The second-order valence-electron chi connectivity index (χ2n) is 3.07. The smallest absolute Gasteiger partial charge is 0.222 e. The van der Waals surface area contributed by atoms with Gasteiger partial charge in [0.2, 0.25) is 5.12 Å². The summed E-state index contributed by atoms with van der Waals surface area (Å²) in [6, 6.07) is 7.23. The molecule has 1 aromatic carbocycles. The van der Waals surface area contributed by atoms with Crippen LogP contribution < -0.4 is 0 Å². The van der Waals surface area contributed by atoms with E-state index in [1.807, 2.05) is 12.1 Å². The standard InChI is InChI=1S/C12H14O3S/c1-15-8-11(12(14)16-2)10-6-4-3-5-9(10)7-13/h3-6,8,13H,7H2,1-2H3/b11-8+. The molecule has 1 aromatic rings. The molecular weight excluding hydrogens is 224 g/mol. The summed E-state index contributed by atoms with van der Waals surface area (Å²) in [4.78, 5) is 11.7. The minimum atomic E-state index is -0.0983. The zero-order valence-electron chi connectivity index (χ0n) is 9.27. The summed E-state index contributed by atoms with van der Waals surface area (Å²) in [5, 5.41) is 9.12. The van der Waals surface area contributed by atoms with Crippen LogP contribution in [0, 0.1) is 0 Å². The Balaban J connectivity index is 3.21. The summed E-state index contributed by atoms with van der Waals surface area (Å²) in [5.74, 6) is 0. The van der Waals surface area contributed by atoms with E-state index in [-0.39, 0.29) is 11.7 Å². The quantitative estimate of drug-likeness (QED) is 0.644. The van der Waals surface area contributed by atoms with Gasteiger partial charge in [0, 0.05) is 0 Å². The van der Waals surface area contributed by atoms with Crippen LogP contribution in [0.15, 0.2) is 30.5 Å². The van der Waals surface area contributed by atoms with Crippen LogP contribution in [-0.2, 0) is 16.1 Å². The summed E-state index contributed by atoms with van der Waals surface area (Å²) < 4.78 is 4.90. The lowest BCUT2D eigenvalue weighted by Crippen LogP contribution is -2.01. The Bertz CT molecular complexity index is 399. The number of carbonyl (C=O) groups excluding carboxylic acids is 1. The van der Waals surface area contributed by atoms with Gasteiger partial charge in [-0.15, -0.1) is 0 Å². The first-order valence-electron chi connectivity index (χ1n) is 4.75. The lowest BCUT2D eigenvalue weighted by molar-refractivity contribution is -0.106. The first-order chi connectivity index (χ1) is 7.74. The molecular formula is C12H14O3S. The molecule has 4 heteroatoms. The van der Waals surface area contributed by atoms with Crippen molar-refractivity contribution in [3.8, 4) is 0 Å². The Kier molecular flexibility index (Phi) is 5.08. The van der Waals surface area contributed by atoms with Crippen LogP contribution in [-0.4, -0.2) is 23.6 Å². The zero-order chi connectivity index (χ0) is 12.0. The molecule has 0 spiro atoms. The molecule has 16 heavy (non-hydrogen) atoms. The van der Waals surface area contributed by atoms with Gasteiger partial charge in [-0.3, -0.25) is 4.79 Å². The van der Waals surface area contributed by atoms with Crippen LogP contribution in [0.25, 0.3) is 5.57 Å². The highest BCUT2D eigenvalue weighted by Crippen LogP contribution is 2.23. The SMILES string of the molecule is CO/C=C(/C(=O)SC)c1ccccc1CO. The molecule has 0 aliphatic rings. The number of aliphatic hydroxyl groups is 1. The van der Waals surface area contributed by atoms with Gasteiger partial charge >= 0.3 is 0 Å². The molecule has 0 aliphatic carbocycles. The first-order valence-corrected chi connectivity index (χ1v) is 5.97. The van der Waals surface area contributed by atoms with Gasteiger partial charge in [0.15, 0.2) is 0 Å². The van der Waals surface area contributed by atoms with Crippen molar-refractivity contribution >= 4 is 22.5 Å². The third-order valence-electron chi connectivity index (χ3n) is 2.12. The maximum atomic E-state index is 11.7. The van der Waals surface area contributed by atoms with Crippen molar-refractivity contribution in [1.29, 1.82) is 0 Å². The largest absolute Gasteiger partial charge is 0.504 e. The zero-order valence-corrected chi connectivity index (χ0v) is 10.1. The van der Waals surface area contributed by atoms with Crippen LogP contribution in [0.2, 0.25) is 0 Å². The molecule has 0 amide bonds. The number of hydrogen-bond donors (Lipinski definition) is 1. The maximum absolute atomic E-state index is 11.7. The number of methoxy groups -OCH3 is 1. The summed E-state index contributed by atoms with van der Waals surface area (Å²) in [7, 11) is 1.50. The molecule has 0 bridgehead atoms. The van der Waals surface area contributed by atoms with Gasteiger partial charge in [-0.2, -0.15) is 0 Å². The van der Waals surface area contributed by atoms with Crippen molar-refractivity contribution in [3.63, 3.8) is 0 Å². The van der Waals surface area contributed by atoms with Gasteiger partial charge < -0.3 is 9.84 Å². The van der Waals surface area contributed by atoms with E-state index in [0.717, 1.165) is 11.8 Å². The van der Waals surface area contributed by atoms with Crippen molar-refractivity contribution in [2.45, 2.75) is 6.61 Å². The Morgan fingerprint density at radius 1 is 1.50 bits per heavy atom. The molecule has 0 heterocycles. The molecule has 0 radical (unpaired) electrons. The predicted octanol–water partition coefficient (Wildman–Crippen LogP) is 2.06. The Hall–Kier alpha value is -1.26. The van der Waals surface area contributed by atoms with E-state index in [9.17, 15) is 9.90 Å². The first kappa shape index (κ1) is 12.8. The number of rotatable bonds is 4. The van der Waals surface area contributed by atoms with Crippen molar-refractivity contribution in [2.24, 2.45) is 0 Å². The molecule has 0 saturated carbocycles. The van der Waals surface area contributed by atoms with Crippen LogP contribution in [0.3, 0.4) is 0 Å². The van der Waals surface area contributed by atoms with Crippen molar-refractivity contribution in [2.75, 3.05) is 13.4 Å². The molecule has 0 saturated heterocycles. The summed E-state index contributed by atoms with van der Waals surface area (Å²) in [6.45, 7) is -0.0983. The Labute approximate surface area is 99.1 Å². The van der Waals surface area contributed by atoms with E-state index >= 15 is 0 Å². The molecule has 1 rings (SSSR count). The normalized spacial score (nSPS) is 11.3. The molecule has 0 unspecified atom stereocenters. The lowest BCUT2D eigenvalue weighted by Gasteiger charge is -2.09. The highest BCUT2D eigenvalue weighted by molar-refractivity contribution is 8.14. The monoisotopic (exact) mass is 238 g/mol. The highest BCUT2D eigenvalue weighted by atomic mass is 32.2. The van der Waals surface area contributed by atoms with E-state index in [1.165, 1.54) is 13.4 Å². The number of hydrogen-bond acceptors (Lipinski definition) is 4. The number of carbonyl (C=O) groups is 1. The van der Waals surface area contributed by atoms with Crippen LogP contribution >= 0.6 is 11.8 Å². The van der Waals surface area contributed by atoms with E-state index in [2.05, 4.69) is 0 Å². The summed E-state index contributed by atoms with van der Waals surface area (Å²) in [5.41, 5.74) is 1.90. The second-order valence-corrected chi connectivity index (χ2v) is 3.85. The molecule has 0 atom stereocenters. The third kappa shape index (κ3) is 2.87. The highest BCUT2D eigenvalue weighted by Gasteiger charge is 2.14. The second kappa shape index (κ2) is 6.35. The molecule has 0 aromatic heterocycles. The Morgan fingerprint density at radius 2 is 2.19 bits per heavy atom. The van der Waals surface area contributed by atoms with E-state index < -0.39 is 0 Å². The number of ether oxygens (including phenoxy) is 1. The van der Waals surface area contributed by atoms with Gasteiger partial charge in [0.25, 0.3) is 0 Å². The Morgan fingerprint density at radius 3 is 2.75 bits per heavy atom. The van der Waals surface area contributed by atoms with Gasteiger partial charge in [-0.25, -0.2) is 0 Å². The van der Waals surface area contributed by atoms with Gasteiger partial charge in [0.05, 0.1) is 25.6 Å².